The van der Waals surface area contributed by atoms with Crippen LogP contribution in [0.15, 0.2) is 23.6 Å². The molecule has 0 bridgehead atoms. The van der Waals surface area contributed by atoms with Crippen molar-refractivity contribution in [2.45, 2.75) is 44.6 Å². The van der Waals surface area contributed by atoms with Crippen molar-refractivity contribution in [3.8, 4) is 0 Å². The second-order valence-electron chi connectivity index (χ2n) is 5.82. The molecule has 0 radical (unpaired) electrons. The van der Waals surface area contributed by atoms with Crippen LogP contribution in [0.25, 0.3) is 0 Å². The molecule has 0 fully saturated rings. The highest BCUT2D eigenvalue weighted by Crippen LogP contribution is 2.44. The van der Waals surface area contributed by atoms with E-state index in [9.17, 15) is 18.0 Å². The second-order valence-corrected chi connectivity index (χ2v) is 6.80. The number of thiophene rings is 1. The Morgan fingerprint density at radius 2 is 2.25 bits per heavy atom. The van der Waals surface area contributed by atoms with Crippen molar-refractivity contribution >= 4 is 23.1 Å². The van der Waals surface area contributed by atoms with Gasteiger partial charge in [-0.3, -0.25) is 0 Å². The van der Waals surface area contributed by atoms with Crippen LogP contribution in [0.3, 0.4) is 0 Å². The van der Waals surface area contributed by atoms with E-state index in [2.05, 4.69) is 10.4 Å². The van der Waals surface area contributed by atoms with Gasteiger partial charge in [0.1, 0.15) is 5.82 Å². The summed E-state index contributed by atoms with van der Waals surface area (Å²) in [5, 5.41) is 8.68. The van der Waals surface area contributed by atoms with E-state index < -0.39 is 24.2 Å². The quantitative estimate of drug-likeness (QED) is 0.836. The third-order valence-corrected chi connectivity index (χ3v) is 4.61. The lowest BCUT2D eigenvalue weighted by Gasteiger charge is -2.32. The lowest BCUT2D eigenvalue weighted by molar-refractivity contribution is -0.173. The van der Waals surface area contributed by atoms with Crippen LogP contribution < -0.4 is 5.32 Å². The Morgan fingerprint density at radius 1 is 1.50 bits per heavy atom. The largest absolute Gasteiger partial charge is 0.458 e. The standard InChI is InChI=1S/C15H16F3N3O2S/c1-8(2)23-14(22)10-7-13-19-9(11-4-3-5-24-11)6-12(15(16,17)18)21(13)20-10/h3-5,7-9,12,19H,6H2,1-2H3/t9-,12-/m0/s1. The summed E-state index contributed by atoms with van der Waals surface area (Å²) in [5.74, 6) is -0.569. The van der Waals surface area contributed by atoms with Gasteiger partial charge in [0, 0.05) is 17.4 Å². The number of halogens is 3. The number of fused-ring (bicyclic) bond motifs is 1. The maximum absolute atomic E-state index is 13.5. The average molecular weight is 359 g/mol. The highest BCUT2D eigenvalue weighted by Gasteiger charge is 2.47. The summed E-state index contributed by atoms with van der Waals surface area (Å²) in [5.41, 5.74) is -0.132. The van der Waals surface area contributed by atoms with Gasteiger partial charge in [-0.25, -0.2) is 9.48 Å². The first-order valence-corrected chi connectivity index (χ1v) is 8.31. The van der Waals surface area contributed by atoms with Gasteiger partial charge < -0.3 is 10.1 Å². The van der Waals surface area contributed by atoms with E-state index in [0.717, 1.165) is 9.56 Å². The molecule has 0 spiro atoms. The number of carbonyl (C=O) groups excluding carboxylic acids is 1. The van der Waals surface area contributed by atoms with Crippen molar-refractivity contribution in [1.82, 2.24) is 9.78 Å². The average Bonchev–Trinajstić information content (AvgIpc) is 3.13. The smallest absolute Gasteiger partial charge is 0.410 e. The number of rotatable bonds is 3. The van der Waals surface area contributed by atoms with Gasteiger partial charge in [0.25, 0.3) is 0 Å². The molecule has 2 aromatic rings. The molecular weight excluding hydrogens is 343 g/mol. The first kappa shape index (κ1) is 16.8. The Hall–Kier alpha value is -2.03. The minimum absolute atomic E-state index is 0.132. The van der Waals surface area contributed by atoms with Crippen LogP contribution in [0.1, 0.15) is 47.7 Å². The lowest BCUT2D eigenvalue weighted by atomic mass is 10.0. The van der Waals surface area contributed by atoms with Gasteiger partial charge in [-0.1, -0.05) is 6.07 Å². The third-order valence-electron chi connectivity index (χ3n) is 3.63. The zero-order valence-electron chi connectivity index (χ0n) is 13.0. The molecule has 2 atom stereocenters. The predicted octanol–water partition coefficient (Wildman–Crippen LogP) is 4.17. The minimum atomic E-state index is -4.46. The summed E-state index contributed by atoms with van der Waals surface area (Å²) in [4.78, 5) is 12.7. The molecule has 3 rings (SSSR count). The van der Waals surface area contributed by atoms with Gasteiger partial charge in [-0.2, -0.15) is 18.3 Å². The van der Waals surface area contributed by atoms with Gasteiger partial charge in [-0.05, 0) is 25.3 Å². The molecule has 0 saturated carbocycles. The maximum Gasteiger partial charge on any atom is 0.410 e. The Bertz CT molecular complexity index is 725. The molecule has 1 aliphatic heterocycles. The number of nitrogens with zero attached hydrogens (tertiary/aromatic N) is 2. The third kappa shape index (κ3) is 3.26. The molecule has 0 saturated heterocycles. The number of anilines is 1. The van der Waals surface area contributed by atoms with E-state index in [0.29, 0.717) is 0 Å². The van der Waals surface area contributed by atoms with E-state index in [1.54, 1.807) is 26.0 Å². The van der Waals surface area contributed by atoms with Gasteiger partial charge >= 0.3 is 12.1 Å². The molecule has 1 aliphatic rings. The van der Waals surface area contributed by atoms with Crippen molar-refractivity contribution in [3.63, 3.8) is 0 Å². The molecule has 5 nitrogen and oxygen atoms in total. The maximum atomic E-state index is 13.5. The normalized spacial score (nSPS) is 20.6. The molecule has 0 amide bonds. The summed E-state index contributed by atoms with van der Waals surface area (Å²) in [6, 6.07) is 2.62. The number of aromatic nitrogens is 2. The van der Waals surface area contributed by atoms with Gasteiger partial charge in [0.05, 0.1) is 12.1 Å². The first-order valence-electron chi connectivity index (χ1n) is 7.43. The molecule has 2 aromatic heterocycles. The van der Waals surface area contributed by atoms with Crippen LogP contribution in [-0.4, -0.2) is 28.0 Å². The number of hydrogen-bond acceptors (Lipinski definition) is 5. The fraction of sp³-hybridized carbons (Fsp3) is 0.467. The van der Waals surface area contributed by atoms with Crippen molar-refractivity contribution < 1.29 is 22.7 Å². The molecule has 9 heteroatoms. The van der Waals surface area contributed by atoms with Gasteiger partial charge in [0.15, 0.2) is 11.7 Å². The fourth-order valence-electron chi connectivity index (χ4n) is 2.62. The zero-order chi connectivity index (χ0) is 17.5. The van der Waals surface area contributed by atoms with E-state index in [1.165, 1.54) is 17.4 Å². The predicted molar refractivity (Wildman–Crippen MR) is 83.2 cm³/mol. The lowest BCUT2D eigenvalue weighted by Crippen LogP contribution is -2.35. The van der Waals surface area contributed by atoms with Crippen LogP contribution in [0.5, 0.6) is 0 Å². The highest BCUT2D eigenvalue weighted by molar-refractivity contribution is 7.10. The van der Waals surface area contributed by atoms with E-state index in [1.807, 2.05) is 5.38 Å². The highest BCUT2D eigenvalue weighted by atomic mass is 32.1. The summed E-state index contributed by atoms with van der Waals surface area (Å²) >= 11 is 1.39. The summed E-state index contributed by atoms with van der Waals surface area (Å²) < 4.78 is 46.2. The number of hydrogen-bond donors (Lipinski definition) is 1. The van der Waals surface area contributed by atoms with Crippen molar-refractivity contribution in [3.05, 3.63) is 34.2 Å². The first-order chi connectivity index (χ1) is 11.3. The minimum Gasteiger partial charge on any atom is -0.458 e. The number of carbonyl (C=O) groups is 1. The van der Waals surface area contributed by atoms with Gasteiger partial charge in [0.2, 0.25) is 0 Å². The Labute approximate surface area is 140 Å². The summed E-state index contributed by atoms with van der Waals surface area (Å²) in [6.07, 6.45) is -5.02. The monoisotopic (exact) mass is 359 g/mol. The Morgan fingerprint density at radius 3 is 2.83 bits per heavy atom. The van der Waals surface area contributed by atoms with E-state index in [-0.39, 0.29) is 24.0 Å². The number of nitrogens with one attached hydrogen (secondary N) is 1. The Kier molecular flexibility index (Phi) is 4.29. The van der Waals surface area contributed by atoms with Crippen molar-refractivity contribution in [2.24, 2.45) is 0 Å². The van der Waals surface area contributed by atoms with Crippen LogP contribution in [-0.2, 0) is 4.74 Å². The second kappa shape index (κ2) is 6.12. The van der Waals surface area contributed by atoms with Crippen LogP contribution in [0.2, 0.25) is 0 Å². The number of alkyl halides is 3. The molecule has 3 heterocycles. The molecule has 0 unspecified atom stereocenters. The van der Waals surface area contributed by atoms with Crippen molar-refractivity contribution in [1.29, 1.82) is 0 Å². The number of ether oxygens (including phenoxy) is 1. The molecule has 0 aliphatic carbocycles. The van der Waals surface area contributed by atoms with Gasteiger partial charge in [-0.15, -0.1) is 11.3 Å². The van der Waals surface area contributed by atoms with E-state index in [4.69, 9.17) is 4.74 Å². The molecule has 24 heavy (non-hydrogen) atoms. The molecule has 1 N–H and O–H groups in total. The zero-order valence-corrected chi connectivity index (χ0v) is 13.8. The summed E-state index contributed by atoms with van der Waals surface area (Å²) in [7, 11) is 0. The topological polar surface area (TPSA) is 56.2 Å². The number of esters is 1. The molecular formula is C15H16F3N3O2S. The fourth-order valence-corrected chi connectivity index (χ4v) is 3.41. The van der Waals surface area contributed by atoms with Crippen LogP contribution >= 0.6 is 11.3 Å². The SMILES string of the molecule is CC(C)OC(=O)c1cc2n(n1)[C@H](C(F)(F)F)C[C@@H](c1cccs1)N2. The van der Waals surface area contributed by atoms with Crippen molar-refractivity contribution in [2.75, 3.05) is 5.32 Å². The molecule has 0 aromatic carbocycles. The van der Waals surface area contributed by atoms with Crippen LogP contribution in [0, 0.1) is 0 Å². The Balaban J connectivity index is 1.95. The molecule has 130 valence electrons. The van der Waals surface area contributed by atoms with E-state index >= 15 is 0 Å². The van der Waals surface area contributed by atoms with Crippen LogP contribution in [0.4, 0.5) is 19.0 Å². The summed E-state index contributed by atoms with van der Waals surface area (Å²) in [6.45, 7) is 3.33.